The Morgan fingerprint density at radius 2 is 0.500 bits per heavy atom. The molecule has 0 N–H and O–H groups in total. The summed E-state index contributed by atoms with van der Waals surface area (Å²) in [7, 11) is 0. The van der Waals surface area contributed by atoms with Gasteiger partial charge in [-0.15, -0.1) is 0 Å². The lowest BCUT2D eigenvalue weighted by Crippen LogP contribution is -1.99. The van der Waals surface area contributed by atoms with Crippen LogP contribution in [-0.2, 0) is 0 Å². The second kappa shape index (κ2) is 15.5. The van der Waals surface area contributed by atoms with Crippen LogP contribution < -0.4 is 0 Å². The monoisotopic (exact) mass is 766 g/mol. The third-order valence-corrected chi connectivity index (χ3v) is 12.6. The number of hydrogen-bond acceptors (Lipinski definition) is 0. The van der Waals surface area contributed by atoms with Crippen molar-refractivity contribution in [1.29, 1.82) is 0 Å². The Morgan fingerprint density at radius 1 is 0.217 bits per heavy atom. The van der Waals surface area contributed by atoms with E-state index in [1.807, 2.05) is 0 Å². The zero-order chi connectivity index (χ0) is 40.7. The van der Waals surface area contributed by atoms with Crippen molar-refractivity contribution in [2.24, 2.45) is 0 Å². The van der Waals surface area contributed by atoms with Gasteiger partial charge in [0.25, 0.3) is 0 Å². The van der Waals surface area contributed by atoms with Crippen molar-refractivity contribution in [3.8, 4) is 77.9 Å². The van der Waals surface area contributed by atoms with Gasteiger partial charge in [-0.25, -0.2) is 0 Å². The van der Waals surface area contributed by atoms with Gasteiger partial charge in [0, 0.05) is 0 Å². The Hall–Kier alpha value is -7.28. The Kier molecular flexibility index (Phi) is 9.55. The maximum atomic E-state index is 2.43. The van der Waals surface area contributed by atoms with Crippen LogP contribution in [0.3, 0.4) is 0 Å². The minimum atomic E-state index is 1.21. The second-order valence-electron chi connectivity index (χ2n) is 16.1. The molecule has 0 atom stereocenters. The average molecular weight is 767 g/mol. The standard InChI is InChI=1S/C60H46/c1-39-53(45-25-13-7-14-26-45)35-49(43-21-9-5-10-22-43)37-55(39)57-33-47-29-17-19-31-51(47)59(41(57)3)60-42(4)58(34-48-30-18-20-32-52(48)60)56-38-50(44-23-11-6-12-24-44)36-54(40(56)2)46-27-15-8-16-28-46/h5-38H,1-4H3. The van der Waals surface area contributed by atoms with E-state index >= 15 is 0 Å². The smallest absolute Gasteiger partial charge is 0.00608 e. The molecule has 0 aromatic heterocycles. The van der Waals surface area contributed by atoms with Gasteiger partial charge >= 0.3 is 0 Å². The van der Waals surface area contributed by atoms with E-state index in [0.717, 1.165) is 0 Å². The van der Waals surface area contributed by atoms with Crippen molar-refractivity contribution in [3.05, 3.63) is 229 Å². The van der Waals surface area contributed by atoms with E-state index in [1.165, 1.54) is 122 Å². The summed E-state index contributed by atoms with van der Waals surface area (Å²) in [6.45, 7) is 9.30. The molecule has 10 rings (SSSR count). The van der Waals surface area contributed by atoms with E-state index in [1.54, 1.807) is 0 Å². The van der Waals surface area contributed by atoms with Crippen LogP contribution in [0, 0.1) is 27.7 Å². The normalized spacial score (nSPS) is 11.3. The third kappa shape index (κ3) is 6.52. The van der Waals surface area contributed by atoms with Crippen molar-refractivity contribution in [2.75, 3.05) is 0 Å². The van der Waals surface area contributed by atoms with Crippen LogP contribution in [0.1, 0.15) is 22.3 Å². The predicted octanol–water partition coefficient (Wildman–Crippen LogP) is 16.9. The average Bonchev–Trinajstić information content (AvgIpc) is 3.30. The lowest BCUT2D eigenvalue weighted by atomic mass is 9.79. The Balaban J connectivity index is 1.28. The molecule has 0 aliphatic carbocycles. The van der Waals surface area contributed by atoms with Gasteiger partial charge in [0.1, 0.15) is 0 Å². The van der Waals surface area contributed by atoms with Gasteiger partial charge in [0.15, 0.2) is 0 Å². The molecule has 0 radical (unpaired) electrons. The number of rotatable bonds is 7. The molecule has 0 aliphatic heterocycles. The molecule has 10 aromatic carbocycles. The molecule has 0 fully saturated rings. The minimum Gasteiger partial charge on any atom is -0.0622 e. The Labute approximate surface area is 354 Å². The molecule has 286 valence electrons. The highest BCUT2D eigenvalue weighted by molar-refractivity contribution is 6.12. The summed E-state index contributed by atoms with van der Waals surface area (Å²) in [5.41, 5.74) is 22.6. The van der Waals surface area contributed by atoms with Gasteiger partial charge in [-0.3, -0.25) is 0 Å². The maximum Gasteiger partial charge on any atom is -0.00608 e. The molecular formula is C60H46. The molecule has 0 amide bonds. The largest absolute Gasteiger partial charge is 0.0622 e. The van der Waals surface area contributed by atoms with E-state index in [9.17, 15) is 0 Å². The van der Waals surface area contributed by atoms with Crippen LogP contribution in [0.5, 0.6) is 0 Å². The number of hydrogen-bond donors (Lipinski definition) is 0. The summed E-state index contributed by atoms with van der Waals surface area (Å²) >= 11 is 0. The number of benzene rings is 10. The van der Waals surface area contributed by atoms with Crippen molar-refractivity contribution in [1.82, 2.24) is 0 Å². The van der Waals surface area contributed by atoms with Crippen molar-refractivity contribution < 1.29 is 0 Å². The minimum absolute atomic E-state index is 1.21. The molecule has 0 heterocycles. The van der Waals surface area contributed by atoms with Crippen molar-refractivity contribution >= 4 is 21.5 Å². The van der Waals surface area contributed by atoms with Gasteiger partial charge in [-0.05, 0) is 186 Å². The fraction of sp³-hybridized carbons (Fsp3) is 0.0667. The molecule has 0 saturated heterocycles. The van der Waals surface area contributed by atoms with Crippen LogP contribution in [0.15, 0.2) is 206 Å². The summed E-state index contributed by atoms with van der Waals surface area (Å²) in [5.74, 6) is 0. The summed E-state index contributed by atoms with van der Waals surface area (Å²) < 4.78 is 0. The Morgan fingerprint density at radius 3 is 0.867 bits per heavy atom. The van der Waals surface area contributed by atoms with Crippen LogP contribution in [0.4, 0.5) is 0 Å². The zero-order valence-corrected chi connectivity index (χ0v) is 34.6. The van der Waals surface area contributed by atoms with Crippen LogP contribution in [0.2, 0.25) is 0 Å². The Bertz CT molecular complexity index is 2970. The second-order valence-corrected chi connectivity index (χ2v) is 16.1. The summed E-state index contributed by atoms with van der Waals surface area (Å²) in [5, 5.41) is 5.01. The molecule has 0 unspecified atom stereocenters. The van der Waals surface area contributed by atoms with E-state index in [4.69, 9.17) is 0 Å². The zero-order valence-electron chi connectivity index (χ0n) is 34.6. The van der Waals surface area contributed by atoms with Crippen LogP contribution in [-0.4, -0.2) is 0 Å². The molecule has 0 spiro atoms. The molecule has 10 aromatic rings. The van der Waals surface area contributed by atoms with Gasteiger partial charge in [0.05, 0.1) is 0 Å². The fourth-order valence-corrected chi connectivity index (χ4v) is 9.52. The van der Waals surface area contributed by atoms with E-state index < -0.39 is 0 Å². The SMILES string of the molecule is Cc1c(-c2ccccc2)cc(-c2ccccc2)cc1-c1cc2ccccc2c(-c2c(C)c(-c3cc(-c4ccccc4)cc(-c4ccccc4)c3C)cc3ccccc23)c1C. The van der Waals surface area contributed by atoms with Gasteiger partial charge in [-0.2, -0.15) is 0 Å². The quantitative estimate of drug-likeness (QED) is 0.152. The van der Waals surface area contributed by atoms with E-state index in [0.29, 0.717) is 0 Å². The van der Waals surface area contributed by atoms with Gasteiger partial charge in [0.2, 0.25) is 0 Å². The highest BCUT2D eigenvalue weighted by Crippen LogP contribution is 2.48. The lowest BCUT2D eigenvalue weighted by Gasteiger charge is -2.24. The lowest BCUT2D eigenvalue weighted by molar-refractivity contribution is 1.39. The van der Waals surface area contributed by atoms with Crippen LogP contribution >= 0.6 is 0 Å². The fourth-order valence-electron chi connectivity index (χ4n) is 9.52. The molecule has 0 aliphatic rings. The molecule has 0 bridgehead atoms. The summed E-state index contributed by atoms with van der Waals surface area (Å²) in [6, 6.07) is 75.8. The molecule has 0 saturated carbocycles. The van der Waals surface area contributed by atoms with Gasteiger partial charge < -0.3 is 0 Å². The first-order chi connectivity index (χ1) is 29.4. The van der Waals surface area contributed by atoms with Crippen molar-refractivity contribution in [2.45, 2.75) is 27.7 Å². The molecule has 0 heteroatoms. The van der Waals surface area contributed by atoms with Crippen LogP contribution in [0.25, 0.3) is 99.4 Å². The van der Waals surface area contributed by atoms with Crippen molar-refractivity contribution in [3.63, 3.8) is 0 Å². The topological polar surface area (TPSA) is 0 Å². The third-order valence-electron chi connectivity index (χ3n) is 12.6. The predicted molar refractivity (Wildman–Crippen MR) is 258 cm³/mol. The summed E-state index contributed by atoms with van der Waals surface area (Å²) in [4.78, 5) is 0. The number of fused-ring (bicyclic) bond motifs is 2. The molecular weight excluding hydrogens is 721 g/mol. The maximum absolute atomic E-state index is 2.43. The molecule has 60 heavy (non-hydrogen) atoms. The molecule has 0 nitrogen and oxygen atoms in total. The van der Waals surface area contributed by atoms with E-state index in [2.05, 4.69) is 234 Å². The highest BCUT2D eigenvalue weighted by atomic mass is 14.3. The van der Waals surface area contributed by atoms with Gasteiger partial charge in [-0.1, -0.05) is 170 Å². The highest BCUT2D eigenvalue weighted by Gasteiger charge is 2.23. The van der Waals surface area contributed by atoms with E-state index in [-0.39, 0.29) is 0 Å². The summed E-state index contributed by atoms with van der Waals surface area (Å²) in [6.07, 6.45) is 0. The first-order valence-corrected chi connectivity index (χ1v) is 21.0. The first kappa shape index (κ1) is 37.0. The first-order valence-electron chi connectivity index (χ1n) is 21.0.